The molecule has 0 saturated heterocycles. The van der Waals surface area contributed by atoms with Gasteiger partial charge in [0.05, 0.1) is 0 Å². The first-order chi connectivity index (χ1) is 7.34. The standard InChI is InChI=1S/C13H13NO/c1-11-5-4-6-12(9-11)10-15-13-7-2-3-8-14-13/h2-9H,10H2,1H3. The number of ether oxygens (including phenoxy) is 1. The average molecular weight is 199 g/mol. The quantitative estimate of drug-likeness (QED) is 0.758. The van der Waals surface area contributed by atoms with Crippen molar-refractivity contribution in [1.29, 1.82) is 0 Å². The zero-order chi connectivity index (χ0) is 10.5. The summed E-state index contributed by atoms with van der Waals surface area (Å²) >= 11 is 0. The minimum Gasteiger partial charge on any atom is -0.473 e. The Bertz CT molecular complexity index is 426. The Hall–Kier alpha value is -1.83. The van der Waals surface area contributed by atoms with E-state index in [0.717, 1.165) is 0 Å². The van der Waals surface area contributed by atoms with Crippen molar-refractivity contribution in [2.45, 2.75) is 13.5 Å². The summed E-state index contributed by atoms with van der Waals surface area (Å²) in [5.74, 6) is 0.666. The van der Waals surface area contributed by atoms with Crippen molar-refractivity contribution < 1.29 is 4.74 Å². The van der Waals surface area contributed by atoms with E-state index in [0.29, 0.717) is 12.5 Å². The van der Waals surface area contributed by atoms with Gasteiger partial charge >= 0.3 is 0 Å². The molecule has 2 aromatic rings. The smallest absolute Gasteiger partial charge is 0.213 e. The first-order valence-corrected chi connectivity index (χ1v) is 4.94. The molecule has 0 radical (unpaired) electrons. The maximum atomic E-state index is 5.54. The zero-order valence-electron chi connectivity index (χ0n) is 8.68. The molecule has 0 unspecified atom stereocenters. The van der Waals surface area contributed by atoms with Crippen LogP contribution in [0.4, 0.5) is 0 Å². The van der Waals surface area contributed by atoms with Crippen LogP contribution < -0.4 is 4.74 Å². The van der Waals surface area contributed by atoms with Gasteiger partial charge in [-0.2, -0.15) is 0 Å². The van der Waals surface area contributed by atoms with Crippen LogP contribution in [0.2, 0.25) is 0 Å². The SMILES string of the molecule is Cc1cccc(COc2ccccn2)c1. The van der Waals surface area contributed by atoms with E-state index in [9.17, 15) is 0 Å². The van der Waals surface area contributed by atoms with Gasteiger partial charge in [0, 0.05) is 12.3 Å². The molecule has 0 fully saturated rings. The average Bonchev–Trinajstić information content (AvgIpc) is 2.28. The third-order valence-electron chi connectivity index (χ3n) is 2.11. The molecule has 0 aliphatic carbocycles. The fraction of sp³-hybridized carbons (Fsp3) is 0.154. The minimum absolute atomic E-state index is 0.568. The second kappa shape index (κ2) is 4.60. The number of hydrogen-bond acceptors (Lipinski definition) is 2. The molecule has 2 nitrogen and oxygen atoms in total. The maximum absolute atomic E-state index is 5.54. The largest absolute Gasteiger partial charge is 0.473 e. The molecular formula is C13H13NO. The van der Waals surface area contributed by atoms with Crippen LogP contribution in [0.5, 0.6) is 5.88 Å². The molecular weight excluding hydrogens is 186 g/mol. The third kappa shape index (κ3) is 2.81. The monoisotopic (exact) mass is 199 g/mol. The second-order valence-corrected chi connectivity index (χ2v) is 3.45. The van der Waals surface area contributed by atoms with Crippen LogP contribution in [-0.2, 0) is 6.61 Å². The van der Waals surface area contributed by atoms with E-state index in [1.54, 1.807) is 6.20 Å². The molecule has 15 heavy (non-hydrogen) atoms. The first-order valence-electron chi connectivity index (χ1n) is 4.94. The van der Waals surface area contributed by atoms with Gasteiger partial charge < -0.3 is 4.74 Å². The van der Waals surface area contributed by atoms with Crippen LogP contribution in [0, 0.1) is 6.92 Å². The van der Waals surface area contributed by atoms with Gasteiger partial charge in [-0.3, -0.25) is 0 Å². The Kier molecular flexibility index (Phi) is 2.98. The Morgan fingerprint density at radius 1 is 1.13 bits per heavy atom. The van der Waals surface area contributed by atoms with Crippen molar-refractivity contribution in [3.63, 3.8) is 0 Å². The van der Waals surface area contributed by atoms with Gasteiger partial charge in [0.1, 0.15) is 6.61 Å². The predicted octanol–water partition coefficient (Wildman–Crippen LogP) is 2.97. The van der Waals surface area contributed by atoms with Crippen LogP contribution in [-0.4, -0.2) is 4.98 Å². The molecule has 1 aromatic carbocycles. The van der Waals surface area contributed by atoms with Crippen LogP contribution in [0.25, 0.3) is 0 Å². The van der Waals surface area contributed by atoms with Crippen molar-refractivity contribution in [2.75, 3.05) is 0 Å². The highest BCUT2D eigenvalue weighted by atomic mass is 16.5. The zero-order valence-corrected chi connectivity index (χ0v) is 8.68. The van der Waals surface area contributed by atoms with E-state index in [1.807, 2.05) is 24.3 Å². The van der Waals surface area contributed by atoms with Gasteiger partial charge in [-0.15, -0.1) is 0 Å². The Morgan fingerprint density at radius 2 is 2.07 bits per heavy atom. The first kappa shape index (κ1) is 9.71. The van der Waals surface area contributed by atoms with E-state index >= 15 is 0 Å². The summed E-state index contributed by atoms with van der Waals surface area (Å²) in [6.07, 6.45) is 1.73. The maximum Gasteiger partial charge on any atom is 0.213 e. The van der Waals surface area contributed by atoms with Crippen molar-refractivity contribution in [1.82, 2.24) is 4.98 Å². The van der Waals surface area contributed by atoms with Gasteiger partial charge in [-0.25, -0.2) is 4.98 Å². The highest BCUT2D eigenvalue weighted by Gasteiger charge is 1.95. The van der Waals surface area contributed by atoms with Gasteiger partial charge in [0.2, 0.25) is 5.88 Å². The molecule has 0 amide bonds. The van der Waals surface area contributed by atoms with Gasteiger partial charge in [-0.05, 0) is 18.6 Å². The summed E-state index contributed by atoms with van der Waals surface area (Å²) < 4.78 is 5.54. The highest BCUT2D eigenvalue weighted by Crippen LogP contribution is 2.09. The summed E-state index contributed by atoms with van der Waals surface area (Å²) in [5, 5.41) is 0. The van der Waals surface area contributed by atoms with Crippen LogP contribution in [0.1, 0.15) is 11.1 Å². The lowest BCUT2D eigenvalue weighted by atomic mass is 10.1. The molecule has 0 atom stereocenters. The number of nitrogens with zero attached hydrogens (tertiary/aromatic N) is 1. The van der Waals surface area contributed by atoms with Crippen molar-refractivity contribution in [2.24, 2.45) is 0 Å². The van der Waals surface area contributed by atoms with E-state index < -0.39 is 0 Å². The summed E-state index contributed by atoms with van der Waals surface area (Å²) in [6, 6.07) is 13.9. The van der Waals surface area contributed by atoms with Gasteiger partial charge in [-0.1, -0.05) is 35.9 Å². The highest BCUT2D eigenvalue weighted by molar-refractivity contribution is 5.22. The minimum atomic E-state index is 0.568. The molecule has 0 aliphatic rings. The Morgan fingerprint density at radius 3 is 2.80 bits per heavy atom. The molecule has 0 aliphatic heterocycles. The molecule has 0 N–H and O–H groups in total. The summed E-state index contributed by atoms with van der Waals surface area (Å²) in [5.41, 5.74) is 2.41. The Balaban J connectivity index is 1.99. The number of rotatable bonds is 3. The molecule has 76 valence electrons. The van der Waals surface area contributed by atoms with Gasteiger partial charge in [0.25, 0.3) is 0 Å². The summed E-state index contributed by atoms with van der Waals surface area (Å²) in [7, 11) is 0. The number of hydrogen-bond donors (Lipinski definition) is 0. The van der Waals surface area contributed by atoms with Crippen molar-refractivity contribution in [3.8, 4) is 5.88 Å². The predicted molar refractivity (Wildman–Crippen MR) is 59.7 cm³/mol. The summed E-state index contributed by atoms with van der Waals surface area (Å²) in [6.45, 7) is 2.64. The van der Waals surface area contributed by atoms with Crippen LogP contribution in [0.3, 0.4) is 0 Å². The fourth-order valence-electron chi connectivity index (χ4n) is 1.39. The third-order valence-corrected chi connectivity index (χ3v) is 2.11. The van der Waals surface area contributed by atoms with Crippen LogP contribution in [0.15, 0.2) is 48.7 Å². The number of benzene rings is 1. The lowest BCUT2D eigenvalue weighted by Gasteiger charge is -2.05. The fourth-order valence-corrected chi connectivity index (χ4v) is 1.39. The summed E-state index contributed by atoms with van der Waals surface area (Å²) in [4.78, 5) is 4.09. The normalized spacial score (nSPS) is 9.93. The number of pyridine rings is 1. The molecule has 0 bridgehead atoms. The van der Waals surface area contributed by atoms with Gasteiger partial charge in [0.15, 0.2) is 0 Å². The molecule has 2 heteroatoms. The number of aromatic nitrogens is 1. The van der Waals surface area contributed by atoms with E-state index in [2.05, 4.69) is 30.1 Å². The molecule has 0 saturated carbocycles. The Labute approximate surface area is 89.6 Å². The lowest BCUT2D eigenvalue weighted by molar-refractivity contribution is 0.294. The number of aryl methyl sites for hydroxylation is 1. The van der Waals surface area contributed by atoms with Crippen molar-refractivity contribution >= 4 is 0 Å². The van der Waals surface area contributed by atoms with E-state index in [1.165, 1.54) is 11.1 Å². The van der Waals surface area contributed by atoms with Crippen molar-refractivity contribution in [3.05, 3.63) is 59.8 Å². The van der Waals surface area contributed by atoms with E-state index in [-0.39, 0.29) is 0 Å². The molecule has 2 rings (SSSR count). The molecule has 1 aromatic heterocycles. The molecule has 0 spiro atoms. The molecule has 1 heterocycles. The topological polar surface area (TPSA) is 22.1 Å². The lowest BCUT2D eigenvalue weighted by Crippen LogP contribution is -1.96. The second-order valence-electron chi connectivity index (χ2n) is 3.45. The van der Waals surface area contributed by atoms with E-state index in [4.69, 9.17) is 4.74 Å². The van der Waals surface area contributed by atoms with Crippen LogP contribution >= 0.6 is 0 Å².